The Bertz CT molecular complexity index is 786. The fraction of sp³-hybridized carbons (Fsp3) is 0.231. The van der Waals surface area contributed by atoms with E-state index in [1.54, 1.807) is 25.1 Å². The van der Waals surface area contributed by atoms with Gasteiger partial charge in [0.15, 0.2) is 0 Å². The van der Waals surface area contributed by atoms with E-state index in [0.717, 1.165) is 5.56 Å². The lowest BCUT2D eigenvalue weighted by atomic mass is 9.96. The zero-order chi connectivity index (χ0) is 15.9. The van der Waals surface area contributed by atoms with E-state index >= 15 is 0 Å². The molecule has 0 aliphatic carbocycles. The van der Waals surface area contributed by atoms with Crippen molar-refractivity contribution in [1.82, 2.24) is 20.2 Å². The lowest BCUT2D eigenvalue weighted by Gasteiger charge is -2.27. The molecule has 0 amide bonds. The fourth-order valence-corrected chi connectivity index (χ4v) is 2.68. The second-order valence-electron chi connectivity index (χ2n) is 4.68. The predicted octanol–water partition coefficient (Wildman–Crippen LogP) is 2.44. The zero-order valence-electron chi connectivity index (χ0n) is 11.7. The van der Waals surface area contributed by atoms with Crippen molar-refractivity contribution in [2.24, 2.45) is 0 Å². The SMILES string of the molecule is COC(=O)C1=C(C)Nc2nnnn2C1c1ccc(Cl)c(Cl)c1. The summed E-state index contributed by atoms with van der Waals surface area (Å²) in [4.78, 5) is 12.2. The molecule has 0 fully saturated rings. The van der Waals surface area contributed by atoms with Gasteiger partial charge in [-0.2, -0.15) is 4.68 Å². The molecule has 114 valence electrons. The van der Waals surface area contributed by atoms with Gasteiger partial charge in [0.1, 0.15) is 6.04 Å². The van der Waals surface area contributed by atoms with E-state index in [4.69, 9.17) is 27.9 Å². The number of hydrogen-bond acceptors (Lipinski definition) is 6. The highest BCUT2D eigenvalue weighted by atomic mass is 35.5. The molecular formula is C13H11Cl2N5O2. The number of tetrazole rings is 1. The third kappa shape index (κ3) is 2.32. The monoisotopic (exact) mass is 339 g/mol. The minimum Gasteiger partial charge on any atom is -0.466 e. The van der Waals surface area contributed by atoms with Gasteiger partial charge in [-0.25, -0.2) is 4.79 Å². The predicted molar refractivity (Wildman–Crippen MR) is 80.8 cm³/mol. The van der Waals surface area contributed by atoms with Crippen molar-refractivity contribution >= 4 is 35.1 Å². The number of aromatic nitrogens is 4. The standard InChI is InChI=1S/C13H11Cl2N5O2/c1-6-10(12(21)22-2)11(20-13(16-6)17-18-19-20)7-3-4-8(14)9(15)5-7/h3-5,11H,1-2H3,(H,16,17,19). The summed E-state index contributed by atoms with van der Waals surface area (Å²) in [5.74, 6) is -0.0385. The quantitative estimate of drug-likeness (QED) is 0.846. The first kappa shape index (κ1) is 14.8. The maximum absolute atomic E-state index is 12.2. The summed E-state index contributed by atoms with van der Waals surface area (Å²) >= 11 is 12.0. The Morgan fingerprint density at radius 3 is 2.82 bits per heavy atom. The number of nitrogens with one attached hydrogen (secondary N) is 1. The summed E-state index contributed by atoms with van der Waals surface area (Å²) in [6.07, 6.45) is 0. The van der Waals surface area contributed by atoms with Crippen molar-refractivity contribution in [3.8, 4) is 0 Å². The molecule has 0 spiro atoms. The van der Waals surface area contributed by atoms with Gasteiger partial charge >= 0.3 is 5.97 Å². The number of hydrogen-bond donors (Lipinski definition) is 1. The molecule has 1 aliphatic heterocycles. The number of methoxy groups -OCH3 is 1. The molecule has 1 unspecified atom stereocenters. The Morgan fingerprint density at radius 1 is 1.36 bits per heavy atom. The van der Waals surface area contributed by atoms with Crippen molar-refractivity contribution in [2.75, 3.05) is 12.4 Å². The largest absolute Gasteiger partial charge is 0.466 e. The molecule has 7 nitrogen and oxygen atoms in total. The Balaban J connectivity index is 2.20. The van der Waals surface area contributed by atoms with Crippen LogP contribution in [0.1, 0.15) is 18.5 Å². The number of anilines is 1. The first-order valence-corrected chi connectivity index (χ1v) is 7.07. The van der Waals surface area contributed by atoms with Crippen LogP contribution in [0.25, 0.3) is 0 Å². The van der Waals surface area contributed by atoms with Crippen LogP contribution >= 0.6 is 23.2 Å². The molecule has 0 radical (unpaired) electrons. The van der Waals surface area contributed by atoms with Crippen LogP contribution in [0.4, 0.5) is 5.95 Å². The van der Waals surface area contributed by atoms with Gasteiger partial charge in [0, 0.05) is 5.70 Å². The maximum atomic E-state index is 12.2. The molecule has 1 aromatic carbocycles. The number of ether oxygens (including phenoxy) is 1. The summed E-state index contributed by atoms with van der Waals surface area (Å²) in [7, 11) is 1.32. The zero-order valence-corrected chi connectivity index (χ0v) is 13.2. The van der Waals surface area contributed by atoms with Crippen LogP contribution in [0.5, 0.6) is 0 Å². The number of esters is 1. The molecule has 1 atom stereocenters. The minimum atomic E-state index is -0.548. The highest BCUT2D eigenvalue weighted by molar-refractivity contribution is 6.42. The number of carbonyl (C=O) groups is 1. The van der Waals surface area contributed by atoms with Crippen LogP contribution in [-0.2, 0) is 9.53 Å². The number of allylic oxidation sites excluding steroid dienone is 1. The Labute approximate surface area is 135 Å². The summed E-state index contributed by atoms with van der Waals surface area (Å²) < 4.78 is 6.38. The van der Waals surface area contributed by atoms with Gasteiger partial charge in [0.25, 0.3) is 0 Å². The smallest absolute Gasteiger partial charge is 0.338 e. The average molecular weight is 340 g/mol. The molecule has 2 aromatic rings. The number of carbonyl (C=O) groups excluding carboxylic acids is 1. The molecule has 0 saturated carbocycles. The minimum absolute atomic E-state index is 0.384. The first-order valence-electron chi connectivity index (χ1n) is 6.32. The molecule has 22 heavy (non-hydrogen) atoms. The molecule has 2 heterocycles. The average Bonchev–Trinajstić information content (AvgIpc) is 2.95. The summed E-state index contributed by atoms with van der Waals surface area (Å²) in [6.45, 7) is 1.76. The fourth-order valence-electron chi connectivity index (χ4n) is 2.38. The molecule has 1 N–H and O–H groups in total. The van der Waals surface area contributed by atoms with E-state index < -0.39 is 12.0 Å². The van der Waals surface area contributed by atoms with Crippen LogP contribution in [-0.4, -0.2) is 33.3 Å². The number of nitrogens with zero attached hydrogens (tertiary/aromatic N) is 4. The van der Waals surface area contributed by atoms with Crippen LogP contribution in [0, 0.1) is 0 Å². The summed E-state index contributed by atoms with van der Waals surface area (Å²) in [5.41, 5.74) is 1.75. The maximum Gasteiger partial charge on any atom is 0.338 e. The van der Waals surface area contributed by atoms with Crippen molar-refractivity contribution in [1.29, 1.82) is 0 Å². The van der Waals surface area contributed by atoms with Gasteiger partial charge in [0.05, 0.1) is 22.7 Å². The van der Waals surface area contributed by atoms with Gasteiger partial charge in [0.2, 0.25) is 5.95 Å². The number of fused-ring (bicyclic) bond motifs is 1. The van der Waals surface area contributed by atoms with E-state index in [1.165, 1.54) is 11.8 Å². The first-order chi connectivity index (χ1) is 10.5. The molecule has 1 aromatic heterocycles. The lowest BCUT2D eigenvalue weighted by molar-refractivity contribution is -0.136. The van der Waals surface area contributed by atoms with Crippen molar-refractivity contribution in [3.63, 3.8) is 0 Å². The number of rotatable bonds is 2. The van der Waals surface area contributed by atoms with Gasteiger partial charge in [-0.05, 0) is 35.0 Å². The third-order valence-electron chi connectivity index (χ3n) is 3.38. The summed E-state index contributed by atoms with van der Waals surface area (Å²) in [5, 5.41) is 15.3. The molecular weight excluding hydrogens is 329 g/mol. The van der Waals surface area contributed by atoms with Crippen LogP contribution in [0.15, 0.2) is 29.5 Å². The van der Waals surface area contributed by atoms with E-state index in [-0.39, 0.29) is 0 Å². The lowest BCUT2D eigenvalue weighted by Crippen LogP contribution is -2.29. The van der Waals surface area contributed by atoms with E-state index in [9.17, 15) is 4.79 Å². The van der Waals surface area contributed by atoms with Gasteiger partial charge < -0.3 is 10.1 Å². The van der Waals surface area contributed by atoms with Crippen molar-refractivity contribution in [3.05, 3.63) is 45.1 Å². The highest BCUT2D eigenvalue weighted by Crippen LogP contribution is 2.36. The molecule has 1 aliphatic rings. The van der Waals surface area contributed by atoms with Crippen LogP contribution < -0.4 is 5.32 Å². The molecule has 0 saturated heterocycles. The number of halogens is 2. The summed E-state index contributed by atoms with van der Waals surface area (Å²) in [6, 6.07) is 4.57. The Morgan fingerprint density at radius 2 is 2.14 bits per heavy atom. The van der Waals surface area contributed by atoms with Crippen molar-refractivity contribution in [2.45, 2.75) is 13.0 Å². The van der Waals surface area contributed by atoms with Crippen LogP contribution in [0.3, 0.4) is 0 Å². The normalized spacial score (nSPS) is 17.0. The molecule has 9 heteroatoms. The highest BCUT2D eigenvalue weighted by Gasteiger charge is 2.34. The molecule has 3 rings (SSSR count). The van der Waals surface area contributed by atoms with E-state index in [1.807, 2.05) is 0 Å². The Hall–Kier alpha value is -2.12. The van der Waals surface area contributed by atoms with Gasteiger partial charge in [-0.3, -0.25) is 0 Å². The Kier molecular flexibility index (Phi) is 3.76. The number of benzene rings is 1. The third-order valence-corrected chi connectivity index (χ3v) is 4.12. The molecule has 0 bridgehead atoms. The van der Waals surface area contributed by atoms with Crippen molar-refractivity contribution < 1.29 is 9.53 Å². The second-order valence-corrected chi connectivity index (χ2v) is 5.49. The second kappa shape index (κ2) is 5.58. The topological polar surface area (TPSA) is 81.9 Å². The van der Waals surface area contributed by atoms with Gasteiger partial charge in [-0.15, -0.1) is 0 Å². The van der Waals surface area contributed by atoms with E-state index in [2.05, 4.69) is 20.8 Å². The van der Waals surface area contributed by atoms with Gasteiger partial charge in [-0.1, -0.05) is 34.4 Å². The van der Waals surface area contributed by atoms with Crippen LogP contribution in [0.2, 0.25) is 10.0 Å². The van der Waals surface area contributed by atoms with E-state index in [0.29, 0.717) is 27.3 Å².